The van der Waals surface area contributed by atoms with Crippen molar-refractivity contribution in [3.05, 3.63) is 22.3 Å². The lowest BCUT2D eigenvalue weighted by Crippen LogP contribution is -2.27. The summed E-state index contributed by atoms with van der Waals surface area (Å²) in [5.74, 6) is 5.44. The van der Waals surface area contributed by atoms with Gasteiger partial charge in [-0.25, -0.2) is 0 Å². The molecule has 5 aliphatic rings. The normalized spacial score (nSPS) is 31.6. The Morgan fingerprint density at radius 2 is 0.880 bits per heavy atom. The van der Waals surface area contributed by atoms with E-state index in [1.807, 2.05) is 0 Å². The van der Waals surface area contributed by atoms with Crippen LogP contribution >= 0.6 is 0 Å². The van der Waals surface area contributed by atoms with Crippen molar-refractivity contribution in [3.8, 4) is 11.5 Å². The molecule has 2 unspecified atom stereocenters. The monoisotopic (exact) mass is 340 g/mol. The van der Waals surface area contributed by atoms with Gasteiger partial charge in [0.25, 0.3) is 0 Å². The Morgan fingerprint density at radius 3 is 1.24 bits per heavy atom. The van der Waals surface area contributed by atoms with E-state index < -0.39 is 0 Å². The van der Waals surface area contributed by atoms with E-state index in [1.54, 1.807) is 22.3 Å². The van der Waals surface area contributed by atoms with Crippen molar-refractivity contribution in [2.24, 2.45) is 0 Å². The topological polar surface area (TPSA) is 18.5 Å². The zero-order chi connectivity index (χ0) is 17.3. The molecular formula is C23H32O2. The van der Waals surface area contributed by atoms with Crippen molar-refractivity contribution in [1.82, 2.24) is 0 Å². The van der Waals surface area contributed by atoms with Crippen LogP contribution < -0.4 is 9.47 Å². The molecular weight excluding hydrogens is 308 g/mol. The summed E-state index contributed by atoms with van der Waals surface area (Å²) in [6.07, 6.45) is 9.92. The Kier molecular flexibility index (Phi) is 3.63. The fraction of sp³-hybridized carbons (Fsp3) is 0.739. The van der Waals surface area contributed by atoms with Gasteiger partial charge in [0.05, 0.1) is 12.2 Å². The van der Waals surface area contributed by atoms with Crippen molar-refractivity contribution in [2.45, 2.75) is 109 Å². The SMILES string of the molecule is CC(C)Oc1c2c(c(OC(C)C)c3c1C1CCC3C1)C1CCC2CC1. The maximum atomic E-state index is 6.57. The molecule has 2 nitrogen and oxygen atoms in total. The fourth-order valence-corrected chi connectivity index (χ4v) is 6.30. The van der Waals surface area contributed by atoms with Gasteiger partial charge in [-0.3, -0.25) is 0 Å². The Morgan fingerprint density at radius 1 is 0.560 bits per heavy atom. The van der Waals surface area contributed by atoms with Gasteiger partial charge in [-0.05, 0) is 96.3 Å². The second-order valence-electron chi connectivity index (χ2n) is 9.40. The molecule has 5 aliphatic carbocycles. The van der Waals surface area contributed by atoms with Crippen molar-refractivity contribution < 1.29 is 9.47 Å². The lowest BCUT2D eigenvalue weighted by Gasteiger charge is -2.42. The van der Waals surface area contributed by atoms with Gasteiger partial charge in [-0.1, -0.05) is 0 Å². The summed E-state index contributed by atoms with van der Waals surface area (Å²) in [7, 11) is 0. The van der Waals surface area contributed by atoms with E-state index in [0.29, 0.717) is 23.7 Å². The fourth-order valence-electron chi connectivity index (χ4n) is 6.30. The summed E-state index contributed by atoms with van der Waals surface area (Å²) in [6, 6.07) is 0. The molecule has 136 valence electrons. The molecule has 0 spiro atoms. The summed E-state index contributed by atoms with van der Waals surface area (Å²) in [6.45, 7) is 8.74. The largest absolute Gasteiger partial charge is 0.490 e. The van der Waals surface area contributed by atoms with Crippen LogP contribution in [0.25, 0.3) is 0 Å². The Bertz CT molecular complexity index is 636. The second kappa shape index (κ2) is 5.66. The van der Waals surface area contributed by atoms with Gasteiger partial charge in [-0.15, -0.1) is 0 Å². The molecule has 4 bridgehead atoms. The van der Waals surface area contributed by atoms with Gasteiger partial charge in [0.2, 0.25) is 0 Å². The molecule has 0 amide bonds. The van der Waals surface area contributed by atoms with Crippen molar-refractivity contribution in [1.29, 1.82) is 0 Å². The van der Waals surface area contributed by atoms with Crippen LogP contribution in [-0.4, -0.2) is 12.2 Å². The predicted octanol–water partition coefficient (Wildman–Crippen LogP) is 6.38. The van der Waals surface area contributed by atoms with E-state index in [4.69, 9.17) is 9.47 Å². The first-order valence-electron chi connectivity index (χ1n) is 10.6. The minimum atomic E-state index is 0.254. The summed E-state index contributed by atoms with van der Waals surface area (Å²) in [5.41, 5.74) is 6.26. The summed E-state index contributed by atoms with van der Waals surface area (Å²) in [4.78, 5) is 0. The standard InChI is InChI=1S/C23H32O2/c1-12(2)24-22-18-14-5-7-15(8-6-14)19(18)23(25-13(3)4)21-17-10-9-16(11-17)20(21)22/h12-17H,5-11H2,1-4H3. The quantitative estimate of drug-likeness (QED) is 0.633. The first-order valence-corrected chi connectivity index (χ1v) is 10.6. The molecule has 1 aromatic rings. The van der Waals surface area contributed by atoms with E-state index in [0.717, 1.165) is 0 Å². The van der Waals surface area contributed by atoms with Crippen LogP contribution in [0.1, 0.15) is 119 Å². The highest BCUT2D eigenvalue weighted by atomic mass is 16.5. The Hall–Kier alpha value is -1.18. The van der Waals surface area contributed by atoms with Gasteiger partial charge < -0.3 is 9.47 Å². The molecule has 2 heteroatoms. The van der Waals surface area contributed by atoms with E-state index in [-0.39, 0.29) is 12.2 Å². The van der Waals surface area contributed by atoms with Gasteiger partial charge in [0.15, 0.2) is 0 Å². The highest BCUT2D eigenvalue weighted by molar-refractivity contribution is 5.67. The number of ether oxygens (including phenoxy) is 2. The molecule has 0 saturated heterocycles. The molecule has 6 rings (SSSR count). The summed E-state index contributed by atoms with van der Waals surface area (Å²) < 4.78 is 13.1. The lowest BCUT2D eigenvalue weighted by atomic mass is 9.64. The van der Waals surface area contributed by atoms with Gasteiger partial charge >= 0.3 is 0 Å². The van der Waals surface area contributed by atoms with E-state index >= 15 is 0 Å². The average molecular weight is 341 g/mol. The smallest absolute Gasteiger partial charge is 0.127 e. The number of hydrogen-bond acceptors (Lipinski definition) is 2. The minimum absolute atomic E-state index is 0.254. The van der Waals surface area contributed by atoms with Crippen LogP contribution in [-0.2, 0) is 0 Å². The molecule has 2 saturated carbocycles. The maximum Gasteiger partial charge on any atom is 0.127 e. The van der Waals surface area contributed by atoms with Crippen molar-refractivity contribution in [3.63, 3.8) is 0 Å². The van der Waals surface area contributed by atoms with Gasteiger partial charge in [-0.2, -0.15) is 0 Å². The zero-order valence-electron chi connectivity index (χ0n) is 16.2. The molecule has 2 atom stereocenters. The zero-order valence-corrected chi connectivity index (χ0v) is 16.2. The molecule has 1 aromatic carbocycles. The van der Waals surface area contributed by atoms with E-state index in [1.165, 1.54) is 56.4 Å². The Balaban J connectivity index is 1.80. The molecule has 0 aromatic heterocycles. The van der Waals surface area contributed by atoms with Crippen LogP contribution in [0.4, 0.5) is 0 Å². The third kappa shape index (κ3) is 2.28. The average Bonchev–Trinajstić information content (AvgIpc) is 3.19. The number of rotatable bonds is 4. The second-order valence-corrected chi connectivity index (χ2v) is 9.40. The summed E-state index contributed by atoms with van der Waals surface area (Å²) in [5, 5.41) is 0. The van der Waals surface area contributed by atoms with Crippen LogP contribution in [0, 0.1) is 0 Å². The summed E-state index contributed by atoms with van der Waals surface area (Å²) >= 11 is 0. The molecule has 0 aliphatic heterocycles. The van der Waals surface area contributed by atoms with Crippen molar-refractivity contribution in [2.75, 3.05) is 0 Å². The van der Waals surface area contributed by atoms with Crippen molar-refractivity contribution >= 4 is 0 Å². The maximum absolute atomic E-state index is 6.57. The molecule has 0 N–H and O–H groups in total. The van der Waals surface area contributed by atoms with Crippen LogP contribution in [0.2, 0.25) is 0 Å². The van der Waals surface area contributed by atoms with E-state index in [9.17, 15) is 0 Å². The molecule has 2 fully saturated rings. The van der Waals surface area contributed by atoms with Crippen LogP contribution in [0.5, 0.6) is 11.5 Å². The highest BCUT2D eigenvalue weighted by Gasteiger charge is 2.48. The predicted molar refractivity (Wildman–Crippen MR) is 101 cm³/mol. The number of hydrogen-bond donors (Lipinski definition) is 0. The lowest BCUT2D eigenvalue weighted by molar-refractivity contribution is 0.212. The third-order valence-electron chi connectivity index (χ3n) is 7.06. The first-order chi connectivity index (χ1) is 12.0. The van der Waals surface area contributed by atoms with E-state index in [2.05, 4.69) is 27.7 Å². The molecule has 0 heterocycles. The minimum Gasteiger partial charge on any atom is -0.490 e. The molecule has 25 heavy (non-hydrogen) atoms. The van der Waals surface area contributed by atoms with Crippen LogP contribution in [0.3, 0.4) is 0 Å². The van der Waals surface area contributed by atoms with Gasteiger partial charge in [0, 0.05) is 22.3 Å². The first kappa shape index (κ1) is 16.0. The third-order valence-corrected chi connectivity index (χ3v) is 7.06. The molecule has 0 radical (unpaired) electrons. The number of fused-ring (bicyclic) bond motifs is 7. The number of benzene rings is 1. The Labute approximate surface area is 152 Å². The van der Waals surface area contributed by atoms with Crippen LogP contribution in [0.15, 0.2) is 0 Å². The van der Waals surface area contributed by atoms with Gasteiger partial charge in [0.1, 0.15) is 11.5 Å². The highest BCUT2D eigenvalue weighted by Crippen LogP contribution is 2.65.